The number of likely N-dealkylation sites (tertiary alicyclic amines) is 1. The Hall–Kier alpha value is -1.32. The third kappa shape index (κ3) is 1.84. The maximum Gasteiger partial charge on any atom is 0.0512 e. The van der Waals surface area contributed by atoms with Gasteiger partial charge in [0.15, 0.2) is 0 Å². The van der Waals surface area contributed by atoms with E-state index in [1.807, 2.05) is 0 Å². The van der Waals surface area contributed by atoms with Gasteiger partial charge in [0.05, 0.1) is 6.04 Å². The number of fused-ring (bicyclic) bond motifs is 1. The third-order valence-electron chi connectivity index (χ3n) is 4.24. The van der Waals surface area contributed by atoms with Crippen molar-refractivity contribution >= 4 is 10.9 Å². The van der Waals surface area contributed by atoms with Gasteiger partial charge in [-0.1, -0.05) is 18.2 Å². The first kappa shape index (κ1) is 11.8. The molecule has 1 saturated heterocycles. The molecule has 0 spiro atoms. The molecular weight excluding hydrogens is 222 g/mol. The van der Waals surface area contributed by atoms with Crippen LogP contribution in [0, 0.1) is 0 Å². The molecular formula is C15H21N3. The molecule has 3 rings (SSSR count). The summed E-state index contributed by atoms with van der Waals surface area (Å²) >= 11 is 0. The summed E-state index contributed by atoms with van der Waals surface area (Å²) < 4.78 is 2.31. The summed E-state index contributed by atoms with van der Waals surface area (Å²) in [5, 5.41) is 1.32. The predicted octanol–water partition coefficient (Wildman–Crippen LogP) is 2.27. The van der Waals surface area contributed by atoms with Gasteiger partial charge in [-0.25, -0.2) is 0 Å². The number of aryl methyl sites for hydroxylation is 1. The van der Waals surface area contributed by atoms with Crippen LogP contribution in [0.15, 0.2) is 30.3 Å². The maximum absolute atomic E-state index is 6.13. The summed E-state index contributed by atoms with van der Waals surface area (Å²) in [5.74, 6) is 0. The number of para-hydroxylation sites is 1. The number of piperidine rings is 1. The van der Waals surface area contributed by atoms with E-state index < -0.39 is 0 Å². The van der Waals surface area contributed by atoms with Crippen LogP contribution < -0.4 is 5.73 Å². The van der Waals surface area contributed by atoms with Gasteiger partial charge < -0.3 is 10.3 Å². The first-order chi connectivity index (χ1) is 8.66. The molecule has 0 amide bonds. The monoisotopic (exact) mass is 243 g/mol. The molecule has 0 saturated carbocycles. The summed E-state index contributed by atoms with van der Waals surface area (Å²) in [6, 6.07) is 11.7. The fourth-order valence-corrected chi connectivity index (χ4v) is 3.09. The van der Waals surface area contributed by atoms with Gasteiger partial charge in [0.2, 0.25) is 0 Å². The van der Waals surface area contributed by atoms with Gasteiger partial charge in [-0.2, -0.15) is 0 Å². The lowest BCUT2D eigenvalue weighted by Crippen LogP contribution is -2.40. The Morgan fingerprint density at radius 2 is 2.00 bits per heavy atom. The summed E-state index contributed by atoms with van der Waals surface area (Å²) in [5.41, 5.74) is 8.82. The minimum atomic E-state index is 0.337. The molecule has 2 atom stereocenters. The molecule has 3 nitrogen and oxygen atoms in total. The number of hydrogen-bond acceptors (Lipinski definition) is 2. The SMILES string of the molecule is CN1CCC(N)CC1c1cc2ccccc2n1C. The van der Waals surface area contributed by atoms with E-state index in [0.717, 1.165) is 19.4 Å². The predicted molar refractivity (Wildman–Crippen MR) is 75.5 cm³/mol. The van der Waals surface area contributed by atoms with E-state index in [-0.39, 0.29) is 0 Å². The second-order valence-corrected chi connectivity index (χ2v) is 5.47. The zero-order chi connectivity index (χ0) is 12.7. The van der Waals surface area contributed by atoms with Crippen molar-refractivity contribution in [3.8, 4) is 0 Å². The van der Waals surface area contributed by atoms with Crippen LogP contribution in [0.4, 0.5) is 0 Å². The molecule has 0 bridgehead atoms. The van der Waals surface area contributed by atoms with Crippen molar-refractivity contribution < 1.29 is 0 Å². The number of hydrogen-bond donors (Lipinski definition) is 1. The summed E-state index contributed by atoms with van der Waals surface area (Å²) in [4.78, 5) is 2.43. The van der Waals surface area contributed by atoms with Crippen molar-refractivity contribution in [3.63, 3.8) is 0 Å². The van der Waals surface area contributed by atoms with E-state index in [9.17, 15) is 0 Å². The largest absolute Gasteiger partial charge is 0.346 e. The molecule has 96 valence electrons. The summed E-state index contributed by atoms with van der Waals surface area (Å²) in [6.45, 7) is 1.09. The highest BCUT2D eigenvalue weighted by atomic mass is 15.2. The van der Waals surface area contributed by atoms with Crippen molar-refractivity contribution in [1.82, 2.24) is 9.47 Å². The molecule has 1 fully saturated rings. The molecule has 1 aromatic carbocycles. The van der Waals surface area contributed by atoms with Crippen molar-refractivity contribution in [2.24, 2.45) is 12.8 Å². The lowest BCUT2D eigenvalue weighted by Gasteiger charge is -2.36. The molecule has 18 heavy (non-hydrogen) atoms. The molecule has 1 aromatic heterocycles. The minimum absolute atomic E-state index is 0.337. The number of rotatable bonds is 1. The fourth-order valence-electron chi connectivity index (χ4n) is 3.09. The second kappa shape index (κ2) is 4.41. The smallest absolute Gasteiger partial charge is 0.0512 e. The van der Waals surface area contributed by atoms with E-state index in [0.29, 0.717) is 12.1 Å². The minimum Gasteiger partial charge on any atom is -0.346 e. The van der Waals surface area contributed by atoms with Crippen molar-refractivity contribution in [2.75, 3.05) is 13.6 Å². The molecule has 2 heterocycles. The Morgan fingerprint density at radius 1 is 1.22 bits per heavy atom. The van der Waals surface area contributed by atoms with Gasteiger partial charge in [0, 0.05) is 24.3 Å². The van der Waals surface area contributed by atoms with E-state index in [4.69, 9.17) is 5.73 Å². The Bertz CT molecular complexity index is 558. The fraction of sp³-hybridized carbons (Fsp3) is 0.467. The Kier molecular flexibility index (Phi) is 2.88. The van der Waals surface area contributed by atoms with Crippen LogP contribution in [0.1, 0.15) is 24.6 Å². The van der Waals surface area contributed by atoms with Crippen LogP contribution in [0.3, 0.4) is 0 Å². The van der Waals surface area contributed by atoms with Crippen LogP contribution in [0.2, 0.25) is 0 Å². The van der Waals surface area contributed by atoms with Crippen LogP contribution in [-0.4, -0.2) is 29.1 Å². The van der Waals surface area contributed by atoms with Gasteiger partial charge in [0.25, 0.3) is 0 Å². The molecule has 3 heteroatoms. The average molecular weight is 243 g/mol. The van der Waals surface area contributed by atoms with Crippen molar-refractivity contribution in [3.05, 3.63) is 36.0 Å². The number of aromatic nitrogens is 1. The topological polar surface area (TPSA) is 34.2 Å². The molecule has 0 radical (unpaired) electrons. The average Bonchev–Trinajstić information content (AvgIpc) is 2.71. The third-order valence-corrected chi connectivity index (χ3v) is 4.24. The quantitative estimate of drug-likeness (QED) is 0.833. The van der Waals surface area contributed by atoms with E-state index in [2.05, 4.69) is 53.9 Å². The standard InChI is InChI=1S/C15H21N3/c1-17-8-7-12(16)10-14(17)15-9-11-5-3-4-6-13(11)18(15)2/h3-6,9,12,14H,7-8,10,16H2,1-2H3. The van der Waals surface area contributed by atoms with Crippen LogP contribution in [0.25, 0.3) is 10.9 Å². The van der Waals surface area contributed by atoms with Crippen LogP contribution in [-0.2, 0) is 7.05 Å². The summed E-state index contributed by atoms with van der Waals surface area (Å²) in [6.07, 6.45) is 2.16. The number of nitrogens with zero attached hydrogens (tertiary/aromatic N) is 2. The van der Waals surface area contributed by atoms with Gasteiger partial charge in [-0.15, -0.1) is 0 Å². The zero-order valence-electron chi connectivity index (χ0n) is 11.1. The maximum atomic E-state index is 6.13. The van der Waals surface area contributed by atoms with Gasteiger partial charge in [-0.3, -0.25) is 4.90 Å². The summed E-state index contributed by atoms with van der Waals surface area (Å²) in [7, 11) is 4.36. The second-order valence-electron chi connectivity index (χ2n) is 5.47. The van der Waals surface area contributed by atoms with E-state index in [1.54, 1.807) is 0 Å². The van der Waals surface area contributed by atoms with Crippen molar-refractivity contribution in [2.45, 2.75) is 24.9 Å². The highest BCUT2D eigenvalue weighted by Crippen LogP contribution is 2.32. The molecule has 2 aromatic rings. The van der Waals surface area contributed by atoms with Crippen LogP contribution >= 0.6 is 0 Å². The van der Waals surface area contributed by atoms with E-state index >= 15 is 0 Å². The molecule has 1 aliphatic heterocycles. The Morgan fingerprint density at radius 3 is 2.78 bits per heavy atom. The Labute approximate surface area is 108 Å². The lowest BCUT2D eigenvalue weighted by atomic mass is 9.96. The highest BCUT2D eigenvalue weighted by molar-refractivity contribution is 5.81. The zero-order valence-corrected chi connectivity index (χ0v) is 11.1. The highest BCUT2D eigenvalue weighted by Gasteiger charge is 2.27. The van der Waals surface area contributed by atoms with E-state index in [1.165, 1.54) is 16.6 Å². The molecule has 1 aliphatic rings. The molecule has 2 unspecified atom stereocenters. The first-order valence-electron chi connectivity index (χ1n) is 6.67. The Balaban J connectivity index is 2.05. The number of benzene rings is 1. The number of nitrogens with two attached hydrogens (primary N) is 1. The van der Waals surface area contributed by atoms with Crippen molar-refractivity contribution in [1.29, 1.82) is 0 Å². The first-order valence-corrected chi connectivity index (χ1v) is 6.67. The van der Waals surface area contributed by atoms with Crippen LogP contribution in [0.5, 0.6) is 0 Å². The lowest BCUT2D eigenvalue weighted by molar-refractivity contribution is 0.165. The normalized spacial score (nSPS) is 25.7. The van der Waals surface area contributed by atoms with Gasteiger partial charge in [-0.05, 0) is 44.0 Å². The molecule has 2 N–H and O–H groups in total. The van der Waals surface area contributed by atoms with Gasteiger partial charge >= 0.3 is 0 Å². The van der Waals surface area contributed by atoms with Gasteiger partial charge in [0.1, 0.15) is 0 Å². The molecule has 0 aliphatic carbocycles.